The van der Waals surface area contributed by atoms with Crippen molar-refractivity contribution < 1.29 is 0 Å². The molecule has 0 saturated carbocycles. The number of anilines is 2. The predicted octanol–water partition coefficient (Wildman–Crippen LogP) is 8.00. The Bertz CT molecular complexity index is 961. The van der Waals surface area contributed by atoms with E-state index in [1.807, 2.05) is 60.7 Å². The number of nitrogens with one attached hydrogen (secondary N) is 2. The van der Waals surface area contributed by atoms with Crippen molar-refractivity contribution in [3.63, 3.8) is 0 Å². The maximum atomic E-state index is 6.17. The monoisotopic (exact) mass is 432 g/mol. The normalized spacial score (nSPS) is 12.7. The second-order valence-electron chi connectivity index (χ2n) is 7.08. The van der Waals surface area contributed by atoms with E-state index in [4.69, 9.17) is 23.2 Å². The van der Waals surface area contributed by atoms with Gasteiger partial charge in [0.25, 0.3) is 0 Å². The topological polar surface area (TPSA) is 24.1 Å². The van der Waals surface area contributed by atoms with Crippen LogP contribution in [0.2, 0.25) is 10.0 Å². The second-order valence-corrected chi connectivity index (χ2v) is 7.95. The van der Waals surface area contributed by atoms with E-state index < -0.39 is 0 Å². The lowest BCUT2D eigenvalue weighted by Gasteiger charge is -2.31. The van der Waals surface area contributed by atoms with Gasteiger partial charge in [-0.1, -0.05) is 83.9 Å². The summed E-state index contributed by atoms with van der Waals surface area (Å²) in [6, 6.07) is 36.3. The van der Waals surface area contributed by atoms with Gasteiger partial charge in [0, 0.05) is 21.4 Å². The summed E-state index contributed by atoms with van der Waals surface area (Å²) in [5, 5.41) is 8.86. The van der Waals surface area contributed by atoms with Gasteiger partial charge < -0.3 is 10.6 Å². The second kappa shape index (κ2) is 9.71. The molecule has 2 nitrogen and oxygen atoms in total. The average molecular weight is 433 g/mol. The molecule has 150 valence electrons. The van der Waals surface area contributed by atoms with E-state index in [0.29, 0.717) is 0 Å². The van der Waals surface area contributed by atoms with Crippen LogP contribution >= 0.6 is 23.2 Å². The summed E-state index contributed by atoms with van der Waals surface area (Å²) in [6.45, 7) is 0. The number of halogens is 2. The van der Waals surface area contributed by atoms with Crippen LogP contribution in [0.5, 0.6) is 0 Å². The van der Waals surface area contributed by atoms with Crippen LogP contribution in [0.4, 0.5) is 11.4 Å². The maximum Gasteiger partial charge on any atom is 0.0757 e. The average Bonchev–Trinajstić information content (AvgIpc) is 2.79. The molecule has 0 amide bonds. The number of para-hydroxylation sites is 2. The lowest BCUT2D eigenvalue weighted by Crippen LogP contribution is -2.25. The van der Waals surface area contributed by atoms with Crippen LogP contribution in [-0.2, 0) is 0 Å². The van der Waals surface area contributed by atoms with Crippen molar-refractivity contribution in [1.29, 1.82) is 0 Å². The van der Waals surface area contributed by atoms with Crippen molar-refractivity contribution in [3.8, 4) is 0 Å². The summed E-state index contributed by atoms with van der Waals surface area (Å²) in [4.78, 5) is 0. The van der Waals surface area contributed by atoms with Crippen LogP contribution in [0.25, 0.3) is 0 Å². The SMILES string of the molecule is Clc1ccc([C@@H](Nc2ccccc2)[C@H](Nc2ccccc2)c2ccc(Cl)cc2)cc1. The van der Waals surface area contributed by atoms with Gasteiger partial charge in [0.15, 0.2) is 0 Å². The summed E-state index contributed by atoms with van der Waals surface area (Å²) in [6.07, 6.45) is 0. The van der Waals surface area contributed by atoms with Crippen molar-refractivity contribution >= 4 is 34.6 Å². The molecule has 0 aliphatic carbocycles. The minimum Gasteiger partial charge on any atom is -0.376 e. The molecular weight excluding hydrogens is 411 g/mol. The van der Waals surface area contributed by atoms with Gasteiger partial charge in [-0.15, -0.1) is 0 Å². The molecule has 0 saturated heterocycles. The van der Waals surface area contributed by atoms with E-state index in [1.54, 1.807) is 0 Å². The summed E-state index contributed by atoms with van der Waals surface area (Å²) < 4.78 is 0. The molecule has 4 aromatic carbocycles. The fraction of sp³-hybridized carbons (Fsp3) is 0.0769. The number of hydrogen-bond acceptors (Lipinski definition) is 2. The van der Waals surface area contributed by atoms with E-state index in [1.165, 1.54) is 0 Å². The first-order valence-electron chi connectivity index (χ1n) is 9.83. The third-order valence-corrected chi connectivity index (χ3v) is 5.49. The van der Waals surface area contributed by atoms with Gasteiger partial charge in [0.1, 0.15) is 0 Å². The summed E-state index contributed by atoms with van der Waals surface area (Å²) >= 11 is 12.3. The van der Waals surface area contributed by atoms with Crippen LogP contribution in [-0.4, -0.2) is 0 Å². The van der Waals surface area contributed by atoms with Crippen molar-refractivity contribution in [2.24, 2.45) is 0 Å². The molecule has 0 unspecified atom stereocenters. The fourth-order valence-electron chi connectivity index (χ4n) is 3.49. The molecule has 4 heteroatoms. The van der Waals surface area contributed by atoms with E-state index in [9.17, 15) is 0 Å². The van der Waals surface area contributed by atoms with Gasteiger partial charge in [-0.05, 0) is 59.7 Å². The zero-order valence-electron chi connectivity index (χ0n) is 16.3. The van der Waals surface area contributed by atoms with E-state index >= 15 is 0 Å². The molecule has 0 heterocycles. The first kappa shape index (κ1) is 20.3. The Balaban J connectivity index is 1.78. The highest BCUT2D eigenvalue weighted by Crippen LogP contribution is 2.36. The van der Waals surface area contributed by atoms with E-state index in [-0.39, 0.29) is 12.1 Å². The smallest absolute Gasteiger partial charge is 0.0757 e. The predicted molar refractivity (Wildman–Crippen MR) is 129 cm³/mol. The van der Waals surface area contributed by atoms with Crippen molar-refractivity contribution in [2.45, 2.75) is 12.1 Å². The molecule has 0 fully saturated rings. The maximum absolute atomic E-state index is 6.17. The van der Waals surface area contributed by atoms with Gasteiger partial charge >= 0.3 is 0 Å². The third kappa shape index (κ3) is 5.15. The standard InChI is InChI=1S/C26H22Cl2N2/c27-21-15-11-19(12-16-21)25(29-23-7-3-1-4-8-23)26(20-13-17-22(28)18-14-20)30-24-9-5-2-6-10-24/h1-18,25-26,29-30H/t25-,26-/m1/s1. The molecule has 4 rings (SSSR count). The Morgan fingerprint density at radius 1 is 0.433 bits per heavy atom. The Hall–Kier alpha value is -2.94. The molecule has 0 bridgehead atoms. The molecule has 2 N–H and O–H groups in total. The minimum absolute atomic E-state index is 0.0500. The Kier molecular flexibility index (Phi) is 6.58. The zero-order chi connectivity index (χ0) is 20.8. The molecule has 0 aromatic heterocycles. The molecule has 2 atom stereocenters. The highest BCUT2D eigenvalue weighted by Gasteiger charge is 2.25. The lowest BCUT2D eigenvalue weighted by atomic mass is 9.92. The largest absolute Gasteiger partial charge is 0.376 e. The van der Waals surface area contributed by atoms with Crippen LogP contribution in [0, 0.1) is 0 Å². The van der Waals surface area contributed by atoms with Gasteiger partial charge in [-0.25, -0.2) is 0 Å². The van der Waals surface area contributed by atoms with Crippen LogP contribution in [0.3, 0.4) is 0 Å². The highest BCUT2D eigenvalue weighted by molar-refractivity contribution is 6.30. The van der Waals surface area contributed by atoms with Crippen LogP contribution in [0.15, 0.2) is 109 Å². The van der Waals surface area contributed by atoms with E-state index in [2.05, 4.69) is 59.2 Å². The Morgan fingerprint density at radius 2 is 0.767 bits per heavy atom. The highest BCUT2D eigenvalue weighted by atomic mass is 35.5. The van der Waals surface area contributed by atoms with Crippen LogP contribution in [0.1, 0.15) is 23.2 Å². The lowest BCUT2D eigenvalue weighted by molar-refractivity contribution is 0.650. The molecule has 0 radical (unpaired) electrons. The van der Waals surface area contributed by atoms with Gasteiger partial charge in [-0.2, -0.15) is 0 Å². The van der Waals surface area contributed by atoms with E-state index in [0.717, 1.165) is 32.5 Å². The fourth-order valence-corrected chi connectivity index (χ4v) is 3.74. The Labute approximate surface area is 187 Å². The summed E-state index contributed by atoms with van der Waals surface area (Å²) in [5.41, 5.74) is 4.36. The minimum atomic E-state index is -0.0500. The van der Waals surface area contributed by atoms with Gasteiger partial charge in [0.2, 0.25) is 0 Å². The molecule has 0 aliphatic rings. The molecule has 0 aliphatic heterocycles. The summed E-state index contributed by atoms with van der Waals surface area (Å²) in [7, 11) is 0. The molecular formula is C26H22Cl2N2. The first-order chi connectivity index (χ1) is 14.7. The van der Waals surface area contributed by atoms with Crippen molar-refractivity contribution in [1.82, 2.24) is 0 Å². The number of benzene rings is 4. The zero-order valence-corrected chi connectivity index (χ0v) is 17.8. The molecule has 30 heavy (non-hydrogen) atoms. The first-order valence-corrected chi connectivity index (χ1v) is 10.6. The Morgan fingerprint density at radius 3 is 1.10 bits per heavy atom. The third-order valence-electron chi connectivity index (χ3n) is 4.98. The van der Waals surface area contributed by atoms with Crippen molar-refractivity contribution in [3.05, 3.63) is 130 Å². The molecule has 4 aromatic rings. The van der Waals surface area contributed by atoms with Crippen LogP contribution < -0.4 is 10.6 Å². The summed E-state index contributed by atoms with van der Waals surface area (Å²) in [5.74, 6) is 0. The molecule has 0 spiro atoms. The van der Waals surface area contributed by atoms with Gasteiger partial charge in [-0.3, -0.25) is 0 Å². The number of hydrogen-bond donors (Lipinski definition) is 2. The number of rotatable bonds is 7. The van der Waals surface area contributed by atoms with Crippen molar-refractivity contribution in [2.75, 3.05) is 10.6 Å². The van der Waals surface area contributed by atoms with Gasteiger partial charge in [0.05, 0.1) is 12.1 Å². The quantitative estimate of drug-likeness (QED) is 0.309.